The van der Waals surface area contributed by atoms with E-state index in [2.05, 4.69) is 15.6 Å². The van der Waals surface area contributed by atoms with Crippen LogP contribution in [0.15, 0.2) is 23.2 Å². The molecular formula is C13H15ClFN3O. The first kappa shape index (κ1) is 13.8. The van der Waals surface area contributed by atoms with Crippen LogP contribution in [0.2, 0.25) is 5.02 Å². The minimum Gasteiger partial charge on any atom is -0.351 e. The number of hydrogen-bond donors (Lipinski definition) is 2. The van der Waals surface area contributed by atoms with Crippen LogP contribution in [0.25, 0.3) is 0 Å². The molecule has 1 atom stereocenters. The highest BCUT2D eigenvalue weighted by molar-refractivity contribution is 6.30. The third-order valence-corrected chi connectivity index (χ3v) is 2.73. The van der Waals surface area contributed by atoms with Gasteiger partial charge >= 0.3 is 0 Å². The smallest absolute Gasteiger partial charge is 0.256 e. The van der Waals surface area contributed by atoms with Crippen molar-refractivity contribution in [2.45, 2.75) is 32.4 Å². The molecule has 1 aromatic rings. The molecule has 0 radical (unpaired) electrons. The summed E-state index contributed by atoms with van der Waals surface area (Å²) in [5.41, 5.74) is -0.0656. The summed E-state index contributed by atoms with van der Waals surface area (Å²) >= 11 is 5.82. The van der Waals surface area contributed by atoms with Gasteiger partial charge in [0.15, 0.2) is 12.0 Å². The summed E-state index contributed by atoms with van der Waals surface area (Å²) in [6, 6.07) is 3.19. The fourth-order valence-corrected chi connectivity index (χ4v) is 1.94. The summed E-state index contributed by atoms with van der Waals surface area (Å²) < 4.78 is 13.7. The number of hydrogen-bond acceptors (Lipinski definition) is 3. The molecule has 6 heteroatoms. The number of amides is 1. The number of halogens is 2. The highest BCUT2D eigenvalue weighted by Crippen LogP contribution is 2.26. The van der Waals surface area contributed by atoms with E-state index in [0.29, 0.717) is 11.0 Å². The normalized spacial score (nSPS) is 19.1. The van der Waals surface area contributed by atoms with Gasteiger partial charge in [0.05, 0.1) is 0 Å². The van der Waals surface area contributed by atoms with Crippen LogP contribution in [0, 0.1) is 5.82 Å². The minimum absolute atomic E-state index is 0.177. The Hall–Kier alpha value is -1.62. The number of carbonyl (C=O) groups excluding carboxylic acids is 1. The molecular weight excluding hydrogens is 269 g/mol. The maximum absolute atomic E-state index is 13.7. The number of rotatable bonds is 1. The van der Waals surface area contributed by atoms with E-state index in [4.69, 9.17) is 11.6 Å². The lowest BCUT2D eigenvalue weighted by atomic mass is 10.1. The van der Waals surface area contributed by atoms with Gasteiger partial charge in [0.1, 0.15) is 5.82 Å². The first-order valence-electron chi connectivity index (χ1n) is 5.88. The quantitative estimate of drug-likeness (QED) is 0.831. The van der Waals surface area contributed by atoms with Crippen molar-refractivity contribution in [3.05, 3.63) is 34.6 Å². The van der Waals surface area contributed by atoms with Crippen LogP contribution in [0.1, 0.15) is 32.4 Å². The van der Waals surface area contributed by atoms with Crippen molar-refractivity contribution in [2.75, 3.05) is 0 Å². The van der Waals surface area contributed by atoms with E-state index in [1.54, 1.807) is 0 Å². The third kappa shape index (κ3) is 3.23. The second-order valence-electron chi connectivity index (χ2n) is 5.41. The summed E-state index contributed by atoms with van der Waals surface area (Å²) in [5, 5.41) is 6.01. The van der Waals surface area contributed by atoms with E-state index in [0.717, 1.165) is 0 Å². The van der Waals surface area contributed by atoms with Crippen LogP contribution in [0.4, 0.5) is 4.39 Å². The van der Waals surface area contributed by atoms with E-state index < -0.39 is 11.9 Å². The maximum atomic E-state index is 13.7. The summed E-state index contributed by atoms with van der Waals surface area (Å²) in [6.45, 7) is 5.82. The molecule has 1 aliphatic heterocycles. The fourth-order valence-electron chi connectivity index (χ4n) is 1.76. The molecule has 0 saturated carbocycles. The predicted octanol–water partition coefficient (Wildman–Crippen LogP) is 2.39. The predicted molar refractivity (Wildman–Crippen MR) is 72.6 cm³/mol. The zero-order valence-electron chi connectivity index (χ0n) is 10.9. The molecule has 0 saturated heterocycles. The Morgan fingerprint density at radius 3 is 2.74 bits per heavy atom. The summed E-state index contributed by atoms with van der Waals surface area (Å²) in [7, 11) is 0. The number of nitrogens with zero attached hydrogens (tertiary/aromatic N) is 1. The monoisotopic (exact) mass is 283 g/mol. The second kappa shape index (κ2) is 4.81. The standard InChI is InChI=1S/C13H15ClFN3O/c1-13(2,3)18-12-16-10(11(19)17-12)8-6-7(14)4-5-9(8)15/h4-6,10H,1-3H3,(H2,16,17,18,19). The lowest BCUT2D eigenvalue weighted by Gasteiger charge is -2.21. The number of aliphatic imine (C=N–C) groups is 1. The number of guanidine groups is 1. The lowest BCUT2D eigenvalue weighted by molar-refractivity contribution is -0.120. The van der Waals surface area contributed by atoms with Gasteiger partial charge in [-0.25, -0.2) is 9.38 Å². The average molecular weight is 284 g/mol. The summed E-state index contributed by atoms with van der Waals surface area (Å²) in [5.74, 6) is -0.514. The molecule has 0 aliphatic carbocycles. The van der Waals surface area contributed by atoms with Gasteiger partial charge in [0.2, 0.25) is 0 Å². The third-order valence-electron chi connectivity index (χ3n) is 2.49. The molecule has 0 aromatic heterocycles. The number of nitrogens with one attached hydrogen (secondary N) is 2. The lowest BCUT2D eigenvalue weighted by Crippen LogP contribution is -2.46. The Bertz CT molecular complexity index is 551. The van der Waals surface area contributed by atoms with Crippen LogP contribution in [0.5, 0.6) is 0 Å². The summed E-state index contributed by atoms with van der Waals surface area (Å²) in [4.78, 5) is 16.0. The topological polar surface area (TPSA) is 53.5 Å². The van der Waals surface area contributed by atoms with Gasteiger partial charge in [-0.3, -0.25) is 10.1 Å². The van der Waals surface area contributed by atoms with Gasteiger partial charge in [-0.05, 0) is 39.0 Å². The Kier molecular flexibility index (Phi) is 3.49. The van der Waals surface area contributed by atoms with Crippen molar-refractivity contribution in [1.82, 2.24) is 10.6 Å². The van der Waals surface area contributed by atoms with E-state index >= 15 is 0 Å². The molecule has 0 bridgehead atoms. The van der Waals surface area contributed by atoms with Gasteiger partial charge < -0.3 is 5.32 Å². The van der Waals surface area contributed by atoms with Crippen molar-refractivity contribution in [1.29, 1.82) is 0 Å². The second-order valence-corrected chi connectivity index (χ2v) is 5.85. The number of carbonyl (C=O) groups is 1. The Morgan fingerprint density at radius 2 is 2.11 bits per heavy atom. The molecule has 1 amide bonds. The molecule has 4 nitrogen and oxygen atoms in total. The highest BCUT2D eigenvalue weighted by Gasteiger charge is 2.31. The average Bonchev–Trinajstić information content (AvgIpc) is 2.60. The SMILES string of the molecule is CC(C)(C)NC1=NC(c2cc(Cl)ccc2F)C(=O)N1. The van der Waals surface area contributed by atoms with Crippen LogP contribution >= 0.6 is 11.6 Å². The first-order valence-corrected chi connectivity index (χ1v) is 6.26. The van der Waals surface area contributed by atoms with E-state index in [9.17, 15) is 9.18 Å². The van der Waals surface area contributed by atoms with Crippen LogP contribution < -0.4 is 10.6 Å². The molecule has 2 N–H and O–H groups in total. The van der Waals surface area contributed by atoms with Crippen molar-refractivity contribution >= 4 is 23.5 Å². The molecule has 1 aliphatic rings. The van der Waals surface area contributed by atoms with Gasteiger partial charge in [-0.1, -0.05) is 11.6 Å². The van der Waals surface area contributed by atoms with Gasteiger partial charge in [-0.15, -0.1) is 0 Å². The van der Waals surface area contributed by atoms with Crippen molar-refractivity contribution in [2.24, 2.45) is 4.99 Å². The molecule has 2 rings (SSSR count). The minimum atomic E-state index is -0.899. The van der Waals surface area contributed by atoms with Crippen molar-refractivity contribution in [3.63, 3.8) is 0 Å². The molecule has 1 aromatic carbocycles. The molecule has 102 valence electrons. The van der Waals surface area contributed by atoms with Crippen LogP contribution in [-0.4, -0.2) is 17.4 Å². The van der Waals surface area contributed by atoms with E-state index in [1.165, 1.54) is 18.2 Å². The van der Waals surface area contributed by atoms with Gasteiger partial charge in [0.25, 0.3) is 5.91 Å². The molecule has 0 spiro atoms. The van der Waals surface area contributed by atoms with Gasteiger partial charge in [0, 0.05) is 16.1 Å². The molecule has 19 heavy (non-hydrogen) atoms. The zero-order valence-corrected chi connectivity index (χ0v) is 11.7. The molecule has 1 unspecified atom stereocenters. The van der Waals surface area contributed by atoms with E-state index in [-0.39, 0.29) is 17.0 Å². The van der Waals surface area contributed by atoms with Crippen molar-refractivity contribution in [3.8, 4) is 0 Å². The molecule has 0 fully saturated rings. The van der Waals surface area contributed by atoms with Crippen LogP contribution in [0.3, 0.4) is 0 Å². The van der Waals surface area contributed by atoms with E-state index in [1.807, 2.05) is 20.8 Å². The largest absolute Gasteiger partial charge is 0.351 e. The molecule has 1 heterocycles. The van der Waals surface area contributed by atoms with Crippen molar-refractivity contribution < 1.29 is 9.18 Å². The first-order chi connectivity index (χ1) is 8.76. The maximum Gasteiger partial charge on any atom is 0.256 e. The van der Waals surface area contributed by atoms with Crippen LogP contribution in [-0.2, 0) is 4.79 Å². The zero-order chi connectivity index (χ0) is 14.2. The number of benzene rings is 1. The fraction of sp³-hybridized carbons (Fsp3) is 0.385. The highest BCUT2D eigenvalue weighted by atomic mass is 35.5. The van der Waals surface area contributed by atoms with Gasteiger partial charge in [-0.2, -0.15) is 0 Å². The Balaban J connectivity index is 2.30. The Labute approximate surface area is 116 Å². The summed E-state index contributed by atoms with van der Waals surface area (Å²) in [6.07, 6.45) is 0. The Morgan fingerprint density at radius 1 is 1.42 bits per heavy atom.